The predicted molar refractivity (Wildman–Crippen MR) is 46.5 cm³/mol. The summed E-state index contributed by atoms with van der Waals surface area (Å²) in [5.74, 6) is 0.958. The first kappa shape index (κ1) is 9.41. The summed E-state index contributed by atoms with van der Waals surface area (Å²) in [7, 11) is 0. The van der Waals surface area contributed by atoms with E-state index in [9.17, 15) is 0 Å². The maximum absolute atomic E-state index is 7.54. The lowest BCUT2D eigenvalue weighted by atomic mass is 9.93. The van der Waals surface area contributed by atoms with E-state index in [2.05, 4.69) is 20.8 Å². The molecule has 58 valence electrons. The third kappa shape index (κ3) is 2.81. The molecule has 0 aromatic heterocycles. The number of rotatable bonds is 3. The molecule has 0 aliphatic carbocycles. The van der Waals surface area contributed by atoms with Crippen LogP contribution in [0.25, 0.3) is 0 Å². The van der Waals surface area contributed by atoms with Gasteiger partial charge in [0.25, 0.3) is 0 Å². The highest BCUT2D eigenvalue weighted by molar-refractivity contribution is 5.93. The standard InChI is InChI=1S/C9H17N/c1-5-6-9(10)8(4)7(2)3/h5-8,10H,1-4H3/b6-5-,10-9?. The molecule has 0 fully saturated rings. The first-order valence-electron chi connectivity index (χ1n) is 3.80. The molecule has 10 heavy (non-hydrogen) atoms. The second-order valence-electron chi connectivity index (χ2n) is 2.99. The molecule has 0 aromatic carbocycles. The van der Waals surface area contributed by atoms with Crippen LogP contribution < -0.4 is 0 Å². The maximum Gasteiger partial charge on any atom is 0.0341 e. The molecular formula is C9H17N. The van der Waals surface area contributed by atoms with Crippen LogP contribution in [0, 0.1) is 17.2 Å². The zero-order chi connectivity index (χ0) is 8.15. The van der Waals surface area contributed by atoms with Crippen molar-refractivity contribution < 1.29 is 0 Å². The maximum atomic E-state index is 7.54. The smallest absolute Gasteiger partial charge is 0.0341 e. The van der Waals surface area contributed by atoms with Crippen LogP contribution in [0.5, 0.6) is 0 Å². The number of nitrogens with one attached hydrogen (secondary N) is 1. The lowest BCUT2D eigenvalue weighted by Gasteiger charge is -2.13. The highest BCUT2D eigenvalue weighted by Gasteiger charge is 2.09. The number of allylic oxidation sites excluding steroid dienone is 2. The molecule has 1 N–H and O–H groups in total. The van der Waals surface area contributed by atoms with E-state index < -0.39 is 0 Å². The minimum absolute atomic E-state index is 0.385. The Morgan fingerprint density at radius 2 is 1.80 bits per heavy atom. The number of hydrogen-bond acceptors (Lipinski definition) is 1. The van der Waals surface area contributed by atoms with Gasteiger partial charge in [0, 0.05) is 5.71 Å². The Kier molecular flexibility index (Phi) is 4.01. The molecule has 1 atom stereocenters. The second kappa shape index (κ2) is 4.26. The van der Waals surface area contributed by atoms with Crippen LogP contribution in [0.15, 0.2) is 12.2 Å². The predicted octanol–water partition coefficient (Wildman–Crippen LogP) is 2.87. The summed E-state index contributed by atoms with van der Waals surface area (Å²) in [6.07, 6.45) is 3.78. The average molecular weight is 139 g/mol. The van der Waals surface area contributed by atoms with Crippen molar-refractivity contribution in [3.8, 4) is 0 Å². The summed E-state index contributed by atoms with van der Waals surface area (Å²) in [6.45, 7) is 8.32. The molecule has 0 saturated heterocycles. The Labute approximate surface area is 63.7 Å². The van der Waals surface area contributed by atoms with Crippen LogP contribution in [-0.2, 0) is 0 Å². The lowest BCUT2D eigenvalue weighted by Crippen LogP contribution is -2.13. The van der Waals surface area contributed by atoms with Crippen molar-refractivity contribution >= 4 is 5.71 Å². The Bertz CT molecular complexity index is 134. The van der Waals surface area contributed by atoms with E-state index in [4.69, 9.17) is 5.41 Å². The van der Waals surface area contributed by atoms with Gasteiger partial charge in [-0.2, -0.15) is 0 Å². The van der Waals surface area contributed by atoms with Gasteiger partial charge in [0.1, 0.15) is 0 Å². The normalized spacial score (nSPS) is 14.5. The molecule has 1 nitrogen and oxygen atoms in total. The molecule has 0 rings (SSSR count). The Morgan fingerprint density at radius 1 is 1.30 bits per heavy atom. The summed E-state index contributed by atoms with van der Waals surface area (Å²) in [5, 5.41) is 7.54. The molecule has 0 aromatic rings. The Balaban J connectivity index is 3.95. The SMILES string of the molecule is C/C=C\C(=N)C(C)C(C)C. The van der Waals surface area contributed by atoms with Gasteiger partial charge >= 0.3 is 0 Å². The summed E-state index contributed by atoms with van der Waals surface area (Å²) in [4.78, 5) is 0. The highest BCUT2D eigenvalue weighted by Crippen LogP contribution is 2.11. The Hall–Kier alpha value is -0.590. The molecule has 0 heterocycles. The molecule has 0 aliphatic rings. The van der Waals surface area contributed by atoms with E-state index in [0.717, 1.165) is 5.71 Å². The molecule has 0 aliphatic heterocycles. The zero-order valence-electron chi connectivity index (χ0n) is 7.31. The van der Waals surface area contributed by atoms with Crippen LogP contribution in [0.1, 0.15) is 27.7 Å². The molecule has 0 radical (unpaired) electrons. The zero-order valence-corrected chi connectivity index (χ0v) is 7.31. The average Bonchev–Trinajstić information content (AvgIpc) is 1.87. The summed E-state index contributed by atoms with van der Waals surface area (Å²) >= 11 is 0. The fourth-order valence-electron chi connectivity index (χ4n) is 0.690. The van der Waals surface area contributed by atoms with E-state index in [0.29, 0.717) is 11.8 Å². The lowest BCUT2D eigenvalue weighted by molar-refractivity contribution is 0.532. The number of hydrogen-bond donors (Lipinski definition) is 1. The van der Waals surface area contributed by atoms with Crippen LogP contribution in [0.3, 0.4) is 0 Å². The summed E-state index contributed by atoms with van der Waals surface area (Å²) in [5.41, 5.74) is 0.734. The third-order valence-corrected chi connectivity index (χ3v) is 1.84. The van der Waals surface area contributed by atoms with E-state index in [1.54, 1.807) is 0 Å². The van der Waals surface area contributed by atoms with Crippen molar-refractivity contribution in [3.63, 3.8) is 0 Å². The second-order valence-corrected chi connectivity index (χ2v) is 2.99. The summed E-state index contributed by atoms with van der Waals surface area (Å²) in [6, 6.07) is 0. The van der Waals surface area contributed by atoms with Gasteiger partial charge in [0.2, 0.25) is 0 Å². The van der Waals surface area contributed by atoms with Gasteiger partial charge in [-0.1, -0.05) is 26.8 Å². The fourth-order valence-corrected chi connectivity index (χ4v) is 0.690. The van der Waals surface area contributed by atoms with Crippen molar-refractivity contribution in [2.24, 2.45) is 11.8 Å². The van der Waals surface area contributed by atoms with Crippen molar-refractivity contribution in [1.82, 2.24) is 0 Å². The van der Waals surface area contributed by atoms with E-state index in [1.165, 1.54) is 0 Å². The van der Waals surface area contributed by atoms with Gasteiger partial charge in [0.05, 0.1) is 0 Å². The van der Waals surface area contributed by atoms with E-state index >= 15 is 0 Å². The van der Waals surface area contributed by atoms with Gasteiger partial charge in [0.15, 0.2) is 0 Å². The first-order chi connectivity index (χ1) is 4.59. The van der Waals surface area contributed by atoms with E-state index in [-0.39, 0.29) is 0 Å². The van der Waals surface area contributed by atoms with Crippen molar-refractivity contribution in [2.75, 3.05) is 0 Å². The largest absolute Gasteiger partial charge is 0.305 e. The van der Waals surface area contributed by atoms with Crippen LogP contribution >= 0.6 is 0 Å². The van der Waals surface area contributed by atoms with Gasteiger partial charge in [-0.3, -0.25) is 0 Å². The monoisotopic (exact) mass is 139 g/mol. The van der Waals surface area contributed by atoms with Crippen LogP contribution in [-0.4, -0.2) is 5.71 Å². The van der Waals surface area contributed by atoms with Gasteiger partial charge in [-0.05, 0) is 24.8 Å². The molecule has 1 heteroatoms. The Morgan fingerprint density at radius 3 is 2.10 bits per heavy atom. The van der Waals surface area contributed by atoms with E-state index in [1.807, 2.05) is 19.1 Å². The molecule has 1 unspecified atom stereocenters. The molecule has 0 spiro atoms. The van der Waals surface area contributed by atoms with Gasteiger partial charge < -0.3 is 5.41 Å². The molecule has 0 saturated carbocycles. The third-order valence-electron chi connectivity index (χ3n) is 1.84. The van der Waals surface area contributed by atoms with Gasteiger partial charge in [-0.15, -0.1) is 0 Å². The van der Waals surface area contributed by atoms with Crippen molar-refractivity contribution in [1.29, 1.82) is 5.41 Å². The minimum atomic E-state index is 0.385. The highest BCUT2D eigenvalue weighted by atomic mass is 14.4. The first-order valence-corrected chi connectivity index (χ1v) is 3.80. The quantitative estimate of drug-likeness (QED) is 0.581. The van der Waals surface area contributed by atoms with Crippen molar-refractivity contribution in [2.45, 2.75) is 27.7 Å². The fraction of sp³-hybridized carbons (Fsp3) is 0.667. The van der Waals surface area contributed by atoms with Crippen LogP contribution in [0.4, 0.5) is 0 Å². The minimum Gasteiger partial charge on any atom is -0.305 e. The summed E-state index contributed by atoms with van der Waals surface area (Å²) < 4.78 is 0. The van der Waals surface area contributed by atoms with Crippen molar-refractivity contribution in [3.05, 3.63) is 12.2 Å². The van der Waals surface area contributed by atoms with Crippen LogP contribution in [0.2, 0.25) is 0 Å². The molecule has 0 bridgehead atoms. The van der Waals surface area contributed by atoms with Gasteiger partial charge in [-0.25, -0.2) is 0 Å². The topological polar surface area (TPSA) is 23.9 Å². The molecule has 0 amide bonds. The molecular weight excluding hydrogens is 122 g/mol.